The molecule has 0 radical (unpaired) electrons. The van der Waals surface area contributed by atoms with E-state index in [4.69, 9.17) is 4.74 Å². The van der Waals surface area contributed by atoms with Gasteiger partial charge in [0.05, 0.1) is 0 Å². The van der Waals surface area contributed by atoms with Gasteiger partial charge in [0.15, 0.2) is 6.61 Å². The van der Waals surface area contributed by atoms with Crippen LogP contribution in [0.15, 0.2) is 29.4 Å². The first-order valence-corrected chi connectivity index (χ1v) is 7.73. The first-order chi connectivity index (χ1) is 10.2. The highest BCUT2D eigenvalue weighted by Crippen LogP contribution is 2.20. The standard InChI is InChI=1S/C17H24N2O2/c1-3-14-7-9-16(10-8-14)21-12-17(20)19-18-15-6-4-5-13(2)11-15/h7-10,13H,3-6,11-12H2,1-2H3,(H,19,20)/b18-15-/t13-/m1/s1. The van der Waals surface area contributed by atoms with E-state index in [1.54, 1.807) is 0 Å². The summed E-state index contributed by atoms with van der Waals surface area (Å²) in [4.78, 5) is 11.7. The molecular formula is C17H24N2O2. The zero-order valence-electron chi connectivity index (χ0n) is 12.9. The normalized spacial score (nSPS) is 20.3. The van der Waals surface area contributed by atoms with Gasteiger partial charge in [-0.2, -0.15) is 5.10 Å². The number of hydrogen-bond acceptors (Lipinski definition) is 3. The van der Waals surface area contributed by atoms with E-state index in [1.807, 2.05) is 24.3 Å². The van der Waals surface area contributed by atoms with Gasteiger partial charge < -0.3 is 4.74 Å². The second-order valence-corrected chi connectivity index (χ2v) is 5.70. The SMILES string of the molecule is CCc1ccc(OCC(=O)N/N=C2/CCC[C@@H](C)C2)cc1. The Labute approximate surface area is 126 Å². The second kappa shape index (κ2) is 7.81. The Morgan fingerprint density at radius 2 is 2.14 bits per heavy atom. The molecule has 1 N–H and O–H groups in total. The number of nitrogens with one attached hydrogen (secondary N) is 1. The van der Waals surface area contributed by atoms with Gasteiger partial charge in [0.25, 0.3) is 5.91 Å². The molecule has 4 heteroatoms. The molecule has 0 bridgehead atoms. The molecule has 0 aliphatic heterocycles. The van der Waals surface area contributed by atoms with Crippen molar-refractivity contribution in [2.45, 2.75) is 46.0 Å². The van der Waals surface area contributed by atoms with Crippen molar-refractivity contribution in [1.29, 1.82) is 0 Å². The molecule has 1 aromatic carbocycles. The van der Waals surface area contributed by atoms with Crippen LogP contribution < -0.4 is 10.2 Å². The number of amides is 1. The van der Waals surface area contributed by atoms with Gasteiger partial charge in [-0.25, -0.2) is 5.43 Å². The minimum Gasteiger partial charge on any atom is -0.484 e. The molecule has 21 heavy (non-hydrogen) atoms. The van der Waals surface area contributed by atoms with Crippen LogP contribution in [0.5, 0.6) is 5.75 Å². The van der Waals surface area contributed by atoms with Crippen molar-refractivity contribution in [2.24, 2.45) is 11.0 Å². The van der Waals surface area contributed by atoms with Gasteiger partial charge >= 0.3 is 0 Å². The number of benzene rings is 1. The maximum Gasteiger partial charge on any atom is 0.277 e. The van der Waals surface area contributed by atoms with E-state index in [0.717, 1.165) is 31.4 Å². The Balaban J connectivity index is 1.75. The van der Waals surface area contributed by atoms with Crippen molar-refractivity contribution >= 4 is 11.6 Å². The molecule has 1 amide bonds. The summed E-state index contributed by atoms with van der Waals surface area (Å²) in [7, 11) is 0. The lowest BCUT2D eigenvalue weighted by Gasteiger charge is -2.18. The fourth-order valence-electron chi connectivity index (χ4n) is 2.51. The van der Waals surface area contributed by atoms with Gasteiger partial charge in [-0.3, -0.25) is 4.79 Å². The van der Waals surface area contributed by atoms with Gasteiger partial charge in [-0.15, -0.1) is 0 Å². The van der Waals surface area contributed by atoms with Crippen LogP contribution in [0, 0.1) is 5.92 Å². The highest BCUT2D eigenvalue weighted by Gasteiger charge is 2.14. The summed E-state index contributed by atoms with van der Waals surface area (Å²) in [6.07, 6.45) is 5.39. The van der Waals surface area contributed by atoms with E-state index >= 15 is 0 Å². The summed E-state index contributed by atoms with van der Waals surface area (Å²) in [6.45, 7) is 4.33. The van der Waals surface area contributed by atoms with E-state index in [1.165, 1.54) is 12.0 Å². The molecule has 4 nitrogen and oxygen atoms in total. The fraction of sp³-hybridized carbons (Fsp3) is 0.529. The van der Waals surface area contributed by atoms with Gasteiger partial charge in [0, 0.05) is 5.71 Å². The molecule has 1 saturated carbocycles. The molecule has 1 fully saturated rings. The molecule has 1 aliphatic rings. The quantitative estimate of drug-likeness (QED) is 0.845. The maximum atomic E-state index is 11.7. The second-order valence-electron chi connectivity index (χ2n) is 5.70. The summed E-state index contributed by atoms with van der Waals surface area (Å²) in [5.74, 6) is 1.17. The first-order valence-electron chi connectivity index (χ1n) is 7.73. The molecular weight excluding hydrogens is 264 g/mol. The number of carbonyl (C=O) groups excluding carboxylic acids is 1. The molecule has 0 saturated heterocycles. The Morgan fingerprint density at radius 3 is 2.81 bits per heavy atom. The minimum atomic E-state index is -0.208. The number of nitrogens with zero attached hydrogens (tertiary/aromatic N) is 1. The van der Waals surface area contributed by atoms with Crippen LogP contribution in [0.25, 0.3) is 0 Å². The number of rotatable bonds is 5. The highest BCUT2D eigenvalue weighted by atomic mass is 16.5. The molecule has 0 aromatic heterocycles. The van der Waals surface area contributed by atoms with Crippen LogP contribution >= 0.6 is 0 Å². The van der Waals surface area contributed by atoms with Gasteiger partial charge in [-0.05, 0) is 55.7 Å². The van der Waals surface area contributed by atoms with E-state index in [0.29, 0.717) is 11.7 Å². The molecule has 2 rings (SSSR count). The number of hydrogen-bond donors (Lipinski definition) is 1. The lowest BCUT2D eigenvalue weighted by atomic mass is 9.89. The zero-order chi connectivity index (χ0) is 15.1. The zero-order valence-corrected chi connectivity index (χ0v) is 12.9. The average molecular weight is 288 g/mol. The van der Waals surface area contributed by atoms with Gasteiger partial charge in [0.2, 0.25) is 0 Å². The van der Waals surface area contributed by atoms with Crippen LogP contribution in [0.1, 0.15) is 45.1 Å². The fourth-order valence-corrected chi connectivity index (χ4v) is 2.51. The van der Waals surface area contributed by atoms with E-state index < -0.39 is 0 Å². The lowest BCUT2D eigenvalue weighted by molar-refractivity contribution is -0.123. The maximum absolute atomic E-state index is 11.7. The molecule has 1 aromatic rings. The highest BCUT2D eigenvalue weighted by molar-refractivity contribution is 5.87. The van der Waals surface area contributed by atoms with Crippen LogP contribution in [0.4, 0.5) is 0 Å². The Kier molecular flexibility index (Phi) is 5.78. The largest absolute Gasteiger partial charge is 0.484 e. The third kappa shape index (κ3) is 5.21. The van der Waals surface area contributed by atoms with E-state index in [9.17, 15) is 4.79 Å². The Hall–Kier alpha value is -1.84. The Bertz CT molecular complexity index is 494. The summed E-state index contributed by atoms with van der Waals surface area (Å²) in [6, 6.07) is 7.80. The number of aryl methyl sites for hydroxylation is 1. The van der Waals surface area contributed by atoms with Crippen molar-refractivity contribution < 1.29 is 9.53 Å². The van der Waals surface area contributed by atoms with Crippen molar-refractivity contribution in [1.82, 2.24) is 5.43 Å². The summed E-state index contributed by atoms with van der Waals surface area (Å²) >= 11 is 0. The molecule has 0 spiro atoms. The third-order valence-corrected chi connectivity index (χ3v) is 3.79. The molecule has 1 atom stereocenters. The molecule has 114 valence electrons. The smallest absolute Gasteiger partial charge is 0.277 e. The van der Waals surface area contributed by atoms with E-state index in [2.05, 4.69) is 24.4 Å². The monoisotopic (exact) mass is 288 g/mol. The number of ether oxygens (including phenoxy) is 1. The van der Waals surface area contributed by atoms with Crippen LogP contribution in [0.2, 0.25) is 0 Å². The lowest BCUT2D eigenvalue weighted by Crippen LogP contribution is -2.27. The van der Waals surface area contributed by atoms with Crippen LogP contribution in [-0.4, -0.2) is 18.2 Å². The van der Waals surface area contributed by atoms with Crippen LogP contribution in [-0.2, 0) is 11.2 Å². The summed E-state index contributed by atoms with van der Waals surface area (Å²) in [5.41, 5.74) is 4.94. The van der Waals surface area contributed by atoms with Crippen molar-refractivity contribution in [3.8, 4) is 5.75 Å². The topological polar surface area (TPSA) is 50.7 Å². The predicted molar refractivity (Wildman–Crippen MR) is 84.5 cm³/mol. The number of carbonyl (C=O) groups is 1. The third-order valence-electron chi connectivity index (χ3n) is 3.79. The minimum absolute atomic E-state index is 0.00218. The van der Waals surface area contributed by atoms with E-state index in [-0.39, 0.29) is 12.5 Å². The van der Waals surface area contributed by atoms with Gasteiger partial charge in [0.1, 0.15) is 5.75 Å². The van der Waals surface area contributed by atoms with Crippen molar-refractivity contribution in [3.63, 3.8) is 0 Å². The predicted octanol–water partition coefficient (Wildman–Crippen LogP) is 3.31. The summed E-state index contributed by atoms with van der Waals surface area (Å²) < 4.78 is 5.45. The average Bonchev–Trinajstić information content (AvgIpc) is 2.51. The van der Waals surface area contributed by atoms with Crippen molar-refractivity contribution in [2.75, 3.05) is 6.61 Å². The molecule has 0 unspecified atom stereocenters. The molecule has 0 heterocycles. The van der Waals surface area contributed by atoms with Crippen LogP contribution in [0.3, 0.4) is 0 Å². The number of hydrazone groups is 1. The molecule has 1 aliphatic carbocycles. The van der Waals surface area contributed by atoms with Gasteiger partial charge in [-0.1, -0.05) is 26.0 Å². The Morgan fingerprint density at radius 1 is 1.38 bits per heavy atom. The first kappa shape index (κ1) is 15.5. The van der Waals surface area contributed by atoms with Crippen molar-refractivity contribution in [3.05, 3.63) is 29.8 Å². The summed E-state index contributed by atoms with van der Waals surface area (Å²) in [5, 5.41) is 4.21.